The van der Waals surface area contributed by atoms with Crippen molar-refractivity contribution in [3.63, 3.8) is 0 Å². The molecule has 0 aliphatic rings. The Kier molecular flexibility index (Phi) is 3.86. The number of halogens is 1. The molecular weight excluding hydrogens is 302 g/mol. The highest BCUT2D eigenvalue weighted by molar-refractivity contribution is 7.12. The zero-order valence-corrected chi connectivity index (χ0v) is 12.9. The Morgan fingerprint density at radius 2 is 2.14 bits per heavy atom. The molecule has 0 fully saturated rings. The first-order valence-corrected chi connectivity index (χ1v) is 7.73. The highest BCUT2D eigenvalue weighted by Crippen LogP contribution is 2.24. The van der Waals surface area contributed by atoms with Crippen molar-refractivity contribution in [3.05, 3.63) is 69.0 Å². The van der Waals surface area contributed by atoms with E-state index < -0.39 is 0 Å². The largest absolute Gasteiger partial charge is 0.288 e. The topological polar surface area (TPSA) is 30.0 Å². The molecule has 0 atom stereocenters. The smallest absolute Gasteiger partial charge is 0.195 e. The van der Waals surface area contributed by atoms with E-state index in [1.165, 1.54) is 17.4 Å². The molecule has 0 N–H and O–H groups in total. The average Bonchev–Trinajstić information content (AvgIpc) is 3.00. The van der Waals surface area contributed by atoms with Gasteiger partial charge in [0, 0.05) is 10.9 Å². The molecule has 0 saturated carbocycles. The second kappa shape index (κ2) is 5.80. The van der Waals surface area contributed by atoms with E-state index in [2.05, 4.69) is 4.98 Å². The number of hydrogen-bond acceptors (Lipinski definition) is 3. The number of allylic oxidation sites excluding steroid dienone is 1. The minimum atomic E-state index is -0.0228. The van der Waals surface area contributed by atoms with E-state index in [9.17, 15) is 4.79 Å². The Bertz CT molecular complexity index is 837. The van der Waals surface area contributed by atoms with Crippen LogP contribution in [0.4, 0.5) is 0 Å². The Hall–Kier alpha value is -1.97. The van der Waals surface area contributed by atoms with E-state index in [-0.39, 0.29) is 5.78 Å². The van der Waals surface area contributed by atoms with Gasteiger partial charge in [-0.25, -0.2) is 4.98 Å². The molecule has 1 aromatic carbocycles. The predicted octanol–water partition coefficient (Wildman–Crippen LogP) is 5.15. The fraction of sp³-hybridized carbons (Fsp3) is 0.0588. The molecule has 0 spiro atoms. The van der Waals surface area contributed by atoms with Crippen LogP contribution in [0.2, 0.25) is 5.15 Å². The number of hydrogen-bond donors (Lipinski definition) is 0. The summed E-state index contributed by atoms with van der Waals surface area (Å²) in [6, 6.07) is 11.6. The van der Waals surface area contributed by atoms with Gasteiger partial charge in [0.2, 0.25) is 0 Å². The number of carbonyl (C=O) groups is 1. The third kappa shape index (κ3) is 2.89. The first-order chi connectivity index (χ1) is 10.1. The summed E-state index contributed by atoms with van der Waals surface area (Å²) in [7, 11) is 0. The molecule has 3 rings (SSSR count). The van der Waals surface area contributed by atoms with Gasteiger partial charge >= 0.3 is 0 Å². The van der Waals surface area contributed by atoms with E-state index in [0.717, 1.165) is 22.0 Å². The Morgan fingerprint density at radius 1 is 1.29 bits per heavy atom. The lowest BCUT2D eigenvalue weighted by atomic mass is 10.1. The first-order valence-electron chi connectivity index (χ1n) is 6.47. The number of pyridine rings is 1. The highest BCUT2D eigenvalue weighted by atomic mass is 35.5. The lowest BCUT2D eigenvalue weighted by Crippen LogP contribution is -1.91. The summed E-state index contributed by atoms with van der Waals surface area (Å²) in [6.45, 7) is 2.00. The number of thiophene rings is 1. The fourth-order valence-electron chi connectivity index (χ4n) is 2.12. The lowest BCUT2D eigenvalue weighted by Gasteiger charge is -2.04. The van der Waals surface area contributed by atoms with Crippen molar-refractivity contribution in [1.29, 1.82) is 0 Å². The minimum absolute atomic E-state index is 0.0228. The molecule has 0 aliphatic heterocycles. The number of carbonyl (C=O) groups excluding carboxylic acids is 1. The van der Waals surface area contributed by atoms with E-state index in [0.29, 0.717) is 10.0 Å². The van der Waals surface area contributed by atoms with Crippen LogP contribution in [-0.2, 0) is 0 Å². The monoisotopic (exact) mass is 313 g/mol. The molecule has 4 heteroatoms. The van der Waals surface area contributed by atoms with Gasteiger partial charge in [-0.2, -0.15) is 0 Å². The molecule has 0 aliphatic carbocycles. The second-order valence-electron chi connectivity index (χ2n) is 4.69. The number of rotatable bonds is 3. The number of aromatic nitrogens is 1. The summed E-state index contributed by atoms with van der Waals surface area (Å²) in [5.41, 5.74) is 2.73. The molecule has 0 unspecified atom stereocenters. The zero-order valence-electron chi connectivity index (χ0n) is 11.3. The molecule has 0 amide bonds. The number of para-hydroxylation sites is 1. The van der Waals surface area contributed by atoms with Crippen LogP contribution >= 0.6 is 22.9 Å². The third-order valence-corrected chi connectivity index (χ3v) is 4.39. The molecule has 0 radical (unpaired) electrons. The maximum absolute atomic E-state index is 12.0. The van der Waals surface area contributed by atoms with Crippen LogP contribution in [0.1, 0.15) is 20.8 Å². The van der Waals surface area contributed by atoms with Crippen molar-refractivity contribution in [2.75, 3.05) is 0 Å². The fourth-order valence-corrected chi connectivity index (χ4v) is 2.97. The summed E-state index contributed by atoms with van der Waals surface area (Å²) < 4.78 is 0. The van der Waals surface area contributed by atoms with Gasteiger partial charge < -0.3 is 0 Å². The number of fused-ring (bicyclic) bond motifs is 1. The normalized spacial score (nSPS) is 11.3. The van der Waals surface area contributed by atoms with Crippen LogP contribution in [-0.4, -0.2) is 10.8 Å². The summed E-state index contributed by atoms with van der Waals surface area (Å²) in [4.78, 5) is 17.1. The number of benzene rings is 1. The van der Waals surface area contributed by atoms with Crippen molar-refractivity contribution >= 4 is 45.7 Å². The van der Waals surface area contributed by atoms with Crippen molar-refractivity contribution < 1.29 is 4.79 Å². The Balaban J connectivity index is 1.97. The standard InChI is InChI=1S/C17H12ClNOS/c1-11-4-2-5-12-10-13(17(18)19-16(11)12)7-8-14(20)15-6-3-9-21-15/h2-10H,1H3. The lowest BCUT2D eigenvalue weighted by molar-refractivity contribution is 0.105. The van der Waals surface area contributed by atoms with Gasteiger partial charge in [-0.1, -0.05) is 35.9 Å². The van der Waals surface area contributed by atoms with Crippen LogP contribution in [0.15, 0.2) is 47.9 Å². The quantitative estimate of drug-likeness (QED) is 0.380. The van der Waals surface area contributed by atoms with Crippen LogP contribution in [0, 0.1) is 6.92 Å². The van der Waals surface area contributed by atoms with Gasteiger partial charge in [0.25, 0.3) is 0 Å². The van der Waals surface area contributed by atoms with Gasteiger partial charge in [-0.05, 0) is 42.2 Å². The Labute approximate surface area is 131 Å². The predicted molar refractivity (Wildman–Crippen MR) is 89.2 cm³/mol. The van der Waals surface area contributed by atoms with Gasteiger partial charge in [0.05, 0.1) is 10.4 Å². The van der Waals surface area contributed by atoms with Crippen LogP contribution in [0.5, 0.6) is 0 Å². The summed E-state index contributed by atoms with van der Waals surface area (Å²) in [5, 5.41) is 3.31. The number of ketones is 1. The number of aryl methyl sites for hydroxylation is 1. The summed E-state index contributed by atoms with van der Waals surface area (Å²) in [5.74, 6) is -0.0228. The average molecular weight is 314 g/mol. The minimum Gasteiger partial charge on any atom is -0.288 e. The van der Waals surface area contributed by atoms with Crippen molar-refractivity contribution in [1.82, 2.24) is 4.98 Å². The van der Waals surface area contributed by atoms with Gasteiger partial charge in [0.15, 0.2) is 5.78 Å². The van der Waals surface area contributed by atoms with Crippen molar-refractivity contribution in [3.8, 4) is 0 Å². The maximum atomic E-state index is 12.0. The SMILES string of the molecule is Cc1cccc2cc(C=CC(=O)c3cccs3)c(Cl)nc12. The first kappa shape index (κ1) is 14.0. The van der Waals surface area contributed by atoms with E-state index >= 15 is 0 Å². The van der Waals surface area contributed by atoms with Crippen molar-refractivity contribution in [2.45, 2.75) is 6.92 Å². The van der Waals surface area contributed by atoms with Crippen LogP contribution in [0.3, 0.4) is 0 Å². The zero-order chi connectivity index (χ0) is 14.8. The van der Waals surface area contributed by atoms with E-state index in [1.807, 2.05) is 42.6 Å². The Morgan fingerprint density at radius 3 is 2.90 bits per heavy atom. The van der Waals surface area contributed by atoms with E-state index in [1.54, 1.807) is 12.1 Å². The molecule has 2 heterocycles. The van der Waals surface area contributed by atoms with Gasteiger partial charge in [-0.3, -0.25) is 4.79 Å². The summed E-state index contributed by atoms with van der Waals surface area (Å²) in [6.07, 6.45) is 3.26. The second-order valence-corrected chi connectivity index (χ2v) is 6.00. The molecular formula is C17H12ClNOS. The number of nitrogens with zero attached hydrogens (tertiary/aromatic N) is 1. The molecule has 3 aromatic rings. The van der Waals surface area contributed by atoms with Crippen molar-refractivity contribution in [2.24, 2.45) is 0 Å². The maximum Gasteiger partial charge on any atom is 0.195 e. The van der Waals surface area contributed by atoms with Gasteiger partial charge in [0.1, 0.15) is 5.15 Å². The third-order valence-electron chi connectivity index (χ3n) is 3.21. The van der Waals surface area contributed by atoms with E-state index in [4.69, 9.17) is 11.6 Å². The molecule has 0 saturated heterocycles. The van der Waals surface area contributed by atoms with Crippen LogP contribution < -0.4 is 0 Å². The molecule has 2 nitrogen and oxygen atoms in total. The van der Waals surface area contributed by atoms with Crippen LogP contribution in [0.25, 0.3) is 17.0 Å². The van der Waals surface area contributed by atoms with Gasteiger partial charge in [-0.15, -0.1) is 11.3 Å². The molecule has 104 valence electrons. The molecule has 21 heavy (non-hydrogen) atoms. The molecule has 0 bridgehead atoms. The highest BCUT2D eigenvalue weighted by Gasteiger charge is 2.06. The summed E-state index contributed by atoms with van der Waals surface area (Å²) >= 11 is 7.64. The molecule has 2 aromatic heterocycles.